The number of non-ortho nitro benzene ring substituents is 1. The average Bonchev–Trinajstić information content (AvgIpc) is 2.91. The van der Waals surface area contributed by atoms with Crippen LogP contribution in [0.15, 0.2) is 47.9 Å². The molecule has 24 heavy (non-hydrogen) atoms. The minimum atomic E-state index is -3.82. The fourth-order valence-corrected chi connectivity index (χ4v) is 4.96. The van der Waals surface area contributed by atoms with Crippen molar-refractivity contribution in [2.75, 3.05) is 6.54 Å². The third kappa shape index (κ3) is 4.02. The van der Waals surface area contributed by atoms with Gasteiger partial charge in [-0.3, -0.25) is 10.1 Å². The van der Waals surface area contributed by atoms with E-state index in [1.165, 1.54) is 46.8 Å². The number of aryl methyl sites for hydroxylation is 1. The molecule has 9 heteroatoms. The highest BCUT2D eigenvalue weighted by molar-refractivity contribution is 7.89. The molecule has 0 bridgehead atoms. The van der Waals surface area contributed by atoms with Gasteiger partial charge in [-0.05, 0) is 30.7 Å². The van der Waals surface area contributed by atoms with Crippen LogP contribution in [0.3, 0.4) is 0 Å². The summed E-state index contributed by atoms with van der Waals surface area (Å²) < 4.78 is 27.7. The lowest BCUT2D eigenvalue weighted by molar-refractivity contribution is -0.385. The highest BCUT2D eigenvalue weighted by Crippen LogP contribution is 2.28. The van der Waals surface area contributed by atoms with E-state index in [2.05, 4.69) is 6.58 Å². The molecule has 6 nitrogen and oxygen atoms in total. The van der Waals surface area contributed by atoms with E-state index in [9.17, 15) is 18.5 Å². The normalized spacial score (nSPS) is 11.6. The van der Waals surface area contributed by atoms with Crippen molar-refractivity contribution >= 4 is 38.6 Å². The van der Waals surface area contributed by atoms with Crippen molar-refractivity contribution in [1.29, 1.82) is 0 Å². The van der Waals surface area contributed by atoms with Crippen molar-refractivity contribution in [3.63, 3.8) is 0 Å². The molecule has 0 N–H and O–H groups in total. The first-order valence-corrected chi connectivity index (χ1v) is 9.49. The minimum absolute atomic E-state index is 0.0394. The SMILES string of the molecule is C=CCN(Cc1ccc(Cl)s1)S(=O)(=O)c1ccc([N+](=O)[O-])cc1C. The van der Waals surface area contributed by atoms with Crippen LogP contribution in [0.4, 0.5) is 5.69 Å². The third-order valence-corrected chi connectivity index (χ3v) is 6.47. The number of halogens is 1. The number of sulfonamides is 1. The summed E-state index contributed by atoms with van der Waals surface area (Å²) in [6, 6.07) is 7.17. The standard InChI is InChI=1S/C15H15ClN2O4S2/c1-3-8-17(10-13-5-7-15(16)23-13)24(21,22)14-6-4-12(18(19)20)9-11(14)2/h3-7,9H,1,8,10H2,2H3. The van der Waals surface area contributed by atoms with Crippen LogP contribution in [0.1, 0.15) is 10.4 Å². The highest BCUT2D eigenvalue weighted by atomic mass is 35.5. The van der Waals surface area contributed by atoms with Crippen molar-refractivity contribution in [2.24, 2.45) is 0 Å². The van der Waals surface area contributed by atoms with Crippen molar-refractivity contribution in [3.8, 4) is 0 Å². The van der Waals surface area contributed by atoms with Crippen LogP contribution in [0.5, 0.6) is 0 Å². The van der Waals surface area contributed by atoms with E-state index in [0.717, 1.165) is 4.88 Å². The summed E-state index contributed by atoms with van der Waals surface area (Å²) >= 11 is 7.19. The quantitative estimate of drug-likeness (QED) is 0.409. The van der Waals surface area contributed by atoms with Crippen LogP contribution in [0, 0.1) is 17.0 Å². The van der Waals surface area contributed by atoms with Gasteiger partial charge in [0.2, 0.25) is 10.0 Å². The zero-order chi connectivity index (χ0) is 17.9. The Morgan fingerprint density at radius 1 is 1.38 bits per heavy atom. The van der Waals surface area contributed by atoms with Crippen LogP contribution in [0.25, 0.3) is 0 Å². The van der Waals surface area contributed by atoms with E-state index in [4.69, 9.17) is 11.6 Å². The largest absolute Gasteiger partial charge is 0.269 e. The number of rotatable bonds is 7. The van der Waals surface area contributed by atoms with Gasteiger partial charge in [-0.15, -0.1) is 17.9 Å². The Kier molecular flexibility index (Phi) is 5.76. The maximum absolute atomic E-state index is 12.9. The van der Waals surface area contributed by atoms with Crippen LogP contribution in [-0.2, 0) is 16.6 Å². The Labute approximate surface area is 149 Å². The predicted molar refractivity (Wildman–Crippen MR) is 95.0 cm³/mol. The van der Waals surface area contributed by atoms with Crippen molar-refractivity contribution in [2.45, 2.75) is 18.4 Å². The molecule has 0 fully saturated rings. The van der Waals surface area contributed by atoms with E-state index < -0.39 is 14.9 Å². The molecular weight excluding hydrogens is 372 g/mol. The molecule has 0 amide bonds. The average molecular weight is 387 g/mol. The van der Waals surface area contributed by atoms with Gasteiger partial charge in [-0.2, -0.15) is 4.31 Å². The Morgan fingerprint density at radius 3 is 2.58 bits per heavy atom. The van der Waals surface area contributed by atoms with E-state index in [-0.39, 0.29) is 23.7 Å². The van der Waals surface area contributed by atoms with Gasteiger partial charge in [-0.25, -0.2) is 8.42 Å². The number of nitro groups is 1. The summed E-state index contributed by atoms with van der Waals surface area (Å²) in [5.74, 6) is 0. The zero-order valence-electron chi connectivity index (χ0n) is 12.8. The lowest BCUT2D eigenvalue weighted by atomic mass is 10.2. The molecule has 1 heterocycles. The van der Waals surface area contributed by atoms with E-state index in [1.54, 1.807) is 12.1 Å². The number of benzene rings is 1. The number of hydrogen-bond donors (Lipinski definition) is 0. The molecular formula is C15H15ClN2O4S2. The molecule has 0 unspecified atom stereocenters. The Balaban J connectivity index is 2.40. The molecule has 0 radical (unpaired) electrons. The molecule has 0 aliphatic carbocycles. The first kappa shape index (κ1) is 18.6. The van der Waals surface area contributed by atoms with Gasteiger partial charge >= 0.3 is 0 Å². The maximum atomic E-state index is 12.9. The van der Waals surface area contributed by atoms with Gasteiger partial charge in [-0.1, -0.05) is 17.7 Å². The molecule has 128 valence electrons. The van der Waals surface area contributed by atoms with Gasteiger partial charge < -0.3 is 0 Å². The Hall–Kier alpha value is -1.74. The van der Waals surface area contributed by atoms with Gasteiger partial charge in [0.05, 0.1) is 14.2 Å². The first-order valence-electron chi connectivity index (χ1n) is 6.86. The fraction of sp³-hybridized carbons (Fsp3) is 0.200. The molecule has 0 atom stereocenters. The topological polar surface area (TPSA) is 80.5 Å². The summed E-state index contributed by atoms with van der Waals surface area (Å²) in [5.41, 5.74) is 0.175. The minimum Gasteiger partial charge on any atom is -0.258 e. The fourth-order valence-electron chi connectivity index (χ4n) is 2.18. The van der Waals surface area contributed by atoms with Crippen molar-refractivity contribution in [3.05, 3.63) is 67.9 Å². The van der Waals surface area contributed by atoms with Crippen LogP contribution in [0.2, 0.25) is 4.34 Å². The summed E-state index contributed by atoms with van der Waals surface area (Å²) in [7, 11) is -3.82. The van der Waals surface area contributed by atoms with Crippen molar-refractivity contribution in [1.82, 2.24) is 4.31 Å². The number of thiophene rings is 1. The molecule has 1 aromatic heterocycles. The molecule has 2 aromatic rings. The van der Waals surface area contributed by atoms with Gasteiger partial charge in [0, 0.05) is 30.1 Å². The first-order chi connectivity index (χ1) is 11.3. The summed E-state index contributed by atoms with van der Waals surface area (Å²) in [4.78, 5) is 11.1. The van der Waals surface area contributed by atoms with Gasteiger partial charge in [0.15, 0.2) is 0 Å². The van der Waals surface area contributed by atoms with E-state index in [0.29, 0.717) is 9.90 Å². The summed E-state index contributed by atoms with van der Waals surface area (Å²) in [6.07, 6.45) is 1.49. The monoisotopic (exact) mass is 386 g/mol. The smallest absolute Gasteiger partial charge is 0.258 e. The molecule has 2 rings (SSSR count). The van der Waals surface area contributed by atoms with E-state index >= 15 is 0 Å². The molecule has 0 saturated carbocycles. The molecule has 0 aliphatic heterocycles. The van der Waals surface area contributed by atoms with Crippen LogP contribution >= 0.6 is 22.9 Å². The van der Waals surface area contributed by atoms with Crippen LogP contribution in [-0.4, -0.2) is 24.2 Å². The second-order valence-corrected chi connectivity index (χ2v) is 8.70. The Bertz CT molecular complexity index is 877. The highest BCUT2D eigenvalue weighted by Gasteiger charge is 2.27. The second-order valence-electron chi connectivity index (χ2n) is 5.00. The lowest BCUT2D eigenvalue weighted by Gasteiger charge is -2.21. The third-order valence-electron chi connectivity index (χ3n) is 3.28. The number of nitro benzene ring substituents is 1. The van der Waals surface area contributed by atoms with Gasteiger partial charge in [0.1, 0.15) is 0 Å². The Morgan fingerprint density at radius 2 is 2.08 bits per heavy atom. The number of hydrogen-bond acceptors (Lipinski definition) is 5. The molecule has 0 spiro atoms. The van der Waals surface area contributed by atoms with Crippen LogP contribution < -0.4 is 0 Å². The lowest BCUT2D eigenvalue weighted by Crippen LogP contribution is -2.31. The number of nitrogens with zero attached hydrogens (tertiary/aromatic N) is 2. The summed E-state index contributed by atoms with van der Waals surface area (Å²) in [6.45, 7) is 5.41. The van der Waals surface area contributed by atoms with Gasteiger partial charge in [0.25, 0.3) is 5.69 Å². The van der Waals surface area contributed by atoms with Crippen molar-refractivity contribution < 1.29 is 13.3 Å². The molecule has 0 aliphatic rings. The summed E-state index contributed by atoms with van der Waals surface area (Å²) in [5, 5.41) is 10.8. The zero-order valence-corrected chi connectivity index (χ0v) is 15.2. The van der Waals surface area contributed by atoms with E-state index in [1.807, 2.05) is 0 Å². The maximum Gasteiger partial charge on any atom is 0.269 e. The molecule has 1 aromatic carbocycles. The second kappa shape index (κ2) is 7.43. The molecule has 0 saturated heterocycles. The predicted octanol–water partition coefficient (Wildman–Crippen LogP) is 4.00.